The Morgan fingerprint density at radius 1 is 1.00 bits per heavy atom. The molecular weight excluding hydrogens is 406 g/mol. The van der Waals surface area contributed by atoms with Gasteiger partial charge in [0.15, 0.2) is 5.13 Å². The largest absolute Gasteiger partial charge is 0.437 e. The van der Waals surface area contributed by atoms with E-state index in [9.17, 15) is 5.11 Å². The molecule has 0 spiro atoms. The number of hydrogen-bond acceptors (Lipinski definition) is 6. The van der Waals surface area contributed by atoms with Gasteiger partial charge in [0.2, 0.25) is 5.88 Å². The first kappa shape index (κ1) is 21.0. The predicted octanol–water partition coefficient (Wildman–Crippen LogP) is 6.53. The first-order chi connectivity index (χ1) is 15.0. The molecule has 0 fully saturated rings. The van der Waals surface area contributed by atoms with Crippen LogP contribution in [0, 0.1) is 0 Å². The molecule has 0 radical (unpaired) electrons. The van der Waals surface area contributed by atoms with Crippen LogP contribution in [0.25, 0.3) is 11.3 Å². The molecule has 0 saturated carbocycles. The molecule has 0 atom stereocenters. The highest BCUT2D eigenvalue weighted by Gasteiger charge is 2.20. The molecule has 4 rings (SSSR count). The Bertz CT molecular complexity index is 1180. The highest BCUT2D eigenvalue weighted by Crippen LogP contribution is 2.37. The Hall–Kier alpha value is -3.22. The average molecular weight is 432 g/mol. The minimum atomic E-state index is -0.0523. The minimum Gasteiger partial charge on any atom is -0.437 e. The number of aliphatic hydroxyl groups is 1. The first-order valence-electron chi connectivity index (χ1n) is 10.1. The van der Waals surface area contributed by atoms with Crippen LogP contribution in [0.2, 0.25) is 0 Å². The molecule has 2 N–H and O–H groups in total. The van der Waals surface area contributed by atoms with Crippen molar-refractivity contribution in [1.29, 1.82) is 0 Å². The van der Waals surface area contributed by atoms with Gasteiger partial charge in [0.05, 0.1) is 12.3 Å². The molecule has 0 aliphatic heterocycles. The van der Waals surface area contributed by atoms with Crippen LogP contribution < -0.4 is 10.1 Å². The van der Waals surface area contributed by atoms with E-state index in [0.717, 1.165) is 39.0 Å². The number of benzene rings is 2. The van der Waals surface area contributed by atoms with Gasteiger partial charge in [0, 0.05) is 22.7 Å². The number of nitrogens with zero attached hydrogens (tertiary/aromatic N) is 2. The van der Waals surface area contributed by atoms with E-state index in [2.05, 4.69) is 37.1 Å². The van der Waals surface area contributed by atoms with Crippen LogP contribution in [0.5, 0.6) is 11.6 Å². The SMILES string of the molecule is CC(C)(C)c1ccccc1Oc1ncccc1Nc1nc(-c2ccccc2CO)cs1. The summed E-state index contributed by atoms with van der Waals surface area (Å²) < 4.78 is 6.24. The highest BCUT2D eigenvalue weighted by atomic mass is 32.1. The summed E-state index contributed by atoms with van der Waals surface area (Å²) in [6, 6.07) is 19.5. The normalized spacial score (nSPS) is 11.4. The fourth-order valence-electron chi connectivity index (χ4n) is 3.32. The van der Waals surface area contributed by atoms with Gasteiger partial charge in [-0.1, -0.05) is 63.2 Å². The van der Waals surface area contributed by atoms with E-state index in [-0.39, 0.29) is 12.0 Å². The van der Waals surface area contributed by atoms with Crippen molar-refractivity contribution in [3.8, 4) is 22.9 Å². The van der Waals surface area contributed by atoms with Crippen LogP contribution in [0.4, 0.5) is 10.8 Å². The van der Waals surface area contributed by atoms with Crippen molar-refractivity contribution in [2.75, 3.05) is 5.32 Å². The molecule has 0 saturated heterocycles. The highest BCUT2D eigenvalue weighted by molar-refractivity contribution is 7.14. The van der Waals surface area contributed by atoms with E-state index in [0.29, 0.717) is 5.88 Å². The van der Waals surface area contributed by atoms with E-state index in [4.69, 9.17) is 9.72 Å². The van der Waals surface area contributed by atoms with E-state index in [1.165, 1.54) is 11.3 Å². The molecule has 0 aliphatic rings. The molecule has 2 aromatic carbocycles. The summed E-state index contributed by atoms with van der Waals surface area (Å²) >= 11 is 1.49. The fourth-order valence-corrected chi connectivity index (χ4v) is 4.05. The summed E-state index contributed by atoms with van der Waals surface area (Å²) in [5.41, 5.74) is 4.40. The zero-order valence-electron chi connectivity index (χ0n) is 17.8. The lowest BCUT2D eigenvalue weighted by Crippen LogP contribution is -2.12. The Kier molecular flexibility index (Phi) is 6.02. The van der Waals surface area contributed by atoms with Crippen LogP contribution in [-0.2, 0) is 12.0 Å². The van der Waals surface area contributed by atoms with Gasteiger partial charge in [-0.05, 0) is 29.2 Å². The van der Waals surface area contributed by atoms with Crippen molar-refractivity contribution < 1.29 is 9.84 Å². The van der Waals surface area contributed by atoms with Crippen LogP contribution >= 0.6 is 11.3 Å². The van der Waals surface area contributed by atoms with Gasteiger partial charge < -0.3 is 15.2 Å². The number of ether oxygens (including phenoxy) is 1. The lowest BCUT2D eigenvalue weighted by molar-refractivity contribution is 0.282. The van der Waals surface area contributed by atoms with Crippen molar-refractivity contribution in [2.24, 2.45) is 0 Å². The van der Waals surface area contributed by atoms with Gasteiger partial charge in [0.25, 0.3) is 0 Å². The maximum atomic E-state index is 9.61. The van der Waals surface area contributed by atoms with Crippen LogP contribution in [0.1, 0.15) is 31.9 Å². The molecular formula is C25H25N3O2S. The minimum absolute atomic E-state index is 0.0236. The van der Waals surface area contributed by atoms with Gasteiger partial charge in [-0.25, -0.2) is 9.97 Å². The second-order valence-electron chi connectivity index (χ2n) is 8.18. The molecule has 158 valence electrons. The molecule has 2 heterocycles. The third kappa shape index (κ3) is 4.76. The molecule has 2 aromatic heterocycles. The first-order valence-corrected chi connectivity index (χ1v) is 11.0. The van der Waals surface area contributed by atoms with Gasteiger partial charge in [-0.3, -0.25) is 0 Å². The van der Waals surface area contributed by atoms with Gasteiger partial charge in [0.1, 0.15) is 11.4 Å². The number of anilines is 2. The molecule has 0 unspecified atom stereocenters. The van der Waals surface area contributed by atoms with Crippen LogP contribution in [0.3, 0.4) is 0 Å². The van der Waals surface area contributed by atoms with Crippen molar-refractivity contribution >= 4 is 22.2 Å². The van der Waals surface area contributed by atoms with Crippen LogP contribution in [-0.4, -0.2) is 15.1 Å². The van der Waals surface area contributed by atoms with Gasteiger partial charge in [-0.15, -0.1) is 11.3 Å². The predicted molar refractivity (Wildman–Crippen MR) is 126 cm³/mol. The third-order valence-corrected chi connectivity index (χ3v) is 5.64. The number of hydrogen-bond donors (Lipinski definition) is 2. The maximum absolute atomic E-state index is 9.61. The maximum Gasteiger partial charge on any atom is 0.243 e. The molecule has 0 amide bonds. The topological polar surface area (TPSA) is 67.3 Å². The number of rotatable bonds is 6. The molecule has 6 heteroatoms. The summed E-state index contributed by atoms with van der Waals surface area (Å²) in [5, 5.41) is 15.7. The summed E-state index contributed by atoms with van der Waals surface area (Å²) in [6.07, 6.45) is 1.71. The van der Waals surface area contributed by atoms with Gasteiger partial charge >= 0.3 is 0 Å². The van der Waals surface area contributed by atoms with E-state index in [1.54, 1.807) is 6.20 Å². The van der Waals surface area contributed by atoms with E-state index in [1.807, 2.05) is 60.0 Å². The summed E-state index contributed by atoms with van der Waals surface area (Å²) in [5.74, 6) is 1.28. The molecule has 0 bridgehead atoms. The van der Waals surface area contributed by atoms with Crippen molar-refractivity contribution in [3.63, 3.8) is 0 Å². The number of aromatic nitrogens is 2. The summed E-state index contributed by atoms with van der Waals surface area (Å²) in [4.78, 5) is 9.15. The zero-order chi connectivity index (χ0) is 21.8. The number of aliphatic hydroxyl groups excluding tert-OH is 1. The van der Waals surface area contributed by atoms with E-state index >= 15 is 0 Å². The van der Waals surface area contributed by atoms with E-state index < -0.39 is 0 Å². The Labute approximate surface area is 186 Å². The molecule has 4 aromatic rings. The Balaban J connectivity index is 1.61. The third-order valence-electron chi connectivity index (χ3n) is 4.88. The number of para-hydroxylation sites is 1. The Morgan fingerprint density at radius 3 is 2.58 bits per heavy atom. The molecule has 5 nitrogen and oxygen atoms in total. The number of pyridine rings is 1. The summed E-state index contributed by atoms with van der Waals surface area (Å²) in [6.45, 7) is 6.46. The standard InChI is InChI=1S/C25H25N3O2S/c1-25(2,3)19-11-6-7-13-22(19)30-23-20(12-8-14-26-23)27-24-28-21(16-31-24)18-10-5-4-9-17(18)15-29/h4-14,16,29H,15H2,1-3H3,(H,27,28). The second-order valence-corrected chi connectivity index (χ2v) is 9.04. The van der Waals surface area contributed by atoms with Crippen molar-refractivity contribution in [2.45, 2.75) is 32.8 Å². The smallest absolute Gasteiger partial charge is 0.243 e. The lowest BCUT2D eigenvalue weighted by Gasteiger charge is -2.22. The fraction of sp³-hybridized carbons (Fsp3) is 0.200. The molecule has 0 aliphatic carbocycles. The Morgan fingerprint density at radius 2 is 1.77 bits per heavy atom. The summed E-state index contributed by atoms with van der Waals surface area (Å²) in [7, 11) is 0. The van der Waals surface area contributed by atoms with Crippen LogP contribution in [0.15, 0.2) is 72.2 Å². The monoisotopic (exact) mass is 431 g/mol. The van der Waals surface area contributed by atoms with Crippen molar-refractivity contribution in [3.05, 3.63) is 83.4 Å². The zero-order valence-corrected chi connectivity index (χ0v) is 18.6. The average Bonchev–Trinajstić information content (AvgIpc) is 3.23. The van der Waals surface area contributed by atoms with Gasteiger partial charge in [-0.2, -0.15) is 0 Å². The lowest BCUT2D eigenvalue weighted by atomic mass is 9.86. The quantitative estimate of drug-likeness (QED) is 0.363. The number of nitrogens with one attached hydrogen (secondary N) is 1. The molecule has 31 heavy (non-hydrogen) atoms. The second kappa shape index (κ2) is 8.88. The number of thiazole rings is 1. The van der Waals surface area contributed by atoms with Crippen molar-refractivity contribution in [1.82, 2.24) is 9.97 Å².